The summed E-state index contributed by atoms with van der Waals surface area (Å²) in [6, 6.07) is 4.35. The second kappa shape index (κ2) is 11.2. The molecule has 0 aromatic heterocycles. The number of esters is 1. The van der Waals surface area contributed by atoms with Crippen LogP contribution in [0.2, 0.25) is 0 Å². The number of ether oxygens (including phenoxy) is 3. The van der Waals surface area contributed by atoms with Gasteiger partial charge < -0.3 is 30.6 Å². The highest BCUT2D eigenvalue weighted by atomic mass is 16.5. The number of carbonyl (C=O) groups is 3. The number of rotatable bonds is 9. The van der Waals surface area contributed by atoms with Gasteiger partial charge in [-0.1, -0.05) is 6.07 Å². The fourth-order valence-corrected chi connectivity index (χ4v) is 4.29. The third-order valence-electron chi connectivity index (χ3n) is 5.96. The van der Waals surface area contributed by atoms with Crippen LogP contribution in [0.4, 0.5) is 4.79 Å². The molecule has 0 radical (unpaired) electrons. The van der Waals surface area contributed by atoms with Gasteiger partial charge in [0, 0.05) is 30.8 Å². The normalized spacial score (nSPS) is 19.6. The summed E-state index contributed by atoms with van der Waals surface area (Å²) in [5.74, 6) is -0.280. The van der Waals surface area contributed by atoms with Crippen molar-refractivity contribution in [1.82, 2.24) is 15.5 Å². The van der Waals surface area contributed by atoms with Crippen molar-refractivity contribution in [3.05, 3.63) is 40.6 Å². The highest BCUT2D eigenvalue weighted by Gasteiger charge is 2.35. The predicted octanol–water partition coefficient (Wildman–Crippen LogP) is 1.21. The number of methoxy groups -OCH3 is 2. The molecule has 1 atom stereocenters. The van der Waals surface area contributed by atoms with Crippen molar-refractivity contribution in [3.8, 4) is 5.75 Å². The molecule has 2 aliphatic heterocycles. The number of nitrogens with two attached hydrogens (primary N) is 1. The van der Waals surface area contributed by atoms with Gasteiger partial charge >= 0.3 is 12.0 Å². The lowest BCUT2D eigenvalue weighted by Crippen LogP contribution is -2.49. The van der Waals surface area contributed by atoms with E-state index in [-0.39, 0.29) is 18.4 Å². The van der Waals surface area contributed by atoms with Gasteiger partial charge in [-0.2, -0.15) is 0 Å². The van der Waals surface area contributed by atoms with Crippen molar-refractivity contribution in [3.63, 3.8) is 0 Å². The molecule has 33 heavy (non-hydrogen) atoms. The van der Waals surface area contributed by atoms with E-state index in [1.165, 1.54) is 0 Å². The SMILES string of the molecule is CCOC(=O)C1=C(CN2CCC(C(N)=O)CC2)NC(=O)N[C@H]1c1ccc(OC)c(COC)c1. The number of carbonyl (C=O) groups excluding carboxylic acids is 3. The topological polar surface area (TPSA) is 132 Å². The zero-order valence-electron chi connectivity index (χ0n) is 19.3. The van der Waals surface area contributed by atoms with Gasteiger partial charge in [-0.3, -0.25) is 9.69 Å². The maximum atomic E-state index is 13.0. The zero-order valence-corrected chi connectivity index (χ0v) is 19.3. The lowest BCUT2D eigenvalue weighted by molar-refractivity contribution is -0.139. The minimum atomic E-state index is -0.697. The Morgan fingerprint density at radius 3 is 2.55 bits per heavy atom. The van der Waals surface area contributed by atoms with E-state index < -0.39 is 18.0 Å². The van der Waals surface area contributed by atoms with Gasteiger partial charge in [-0.05, 0) is 50.6 Å². The molecular weight excluding hydrogens is 428 g/mol. The van der Waals surface area contributed by atoms with E-state index in [1.807, 2.05) is 12.1 Å². The van der Waals surface area contributed by atoms with Crippen molar-refractivity contribution in [2.24, 2.45) is 11.7 Å². The van der Waals surface area contributed by atoms with E-state index in [1.54, 1.807) is 27.2 Å². The number of nitrogens with zero attached hydrogens (tertiary/aromatic N) is 1. The van der Waals surface area contributed by atoms with Crippen molar-refractivity contribution >= 4 is 17.9 Å². The average molecular weight is 461 g/mol. The van der Waals surface area contributed by atoms with Gasteiger partial charge in [0.2, 0.25) is 5.91 Å². The maximum Gasteiger partial charge on any atom is 0.338 e. The molecule has 1 fully saturated rings. The van der Waals surface area contributed by atoms with E-state index in [0.29, 0.717) is 61.7 Å². The predicted molar refractivity (Wildman–Crippen MR) is 120 cm³/mol. The molecule has 2 heterocycles. The number of urea groups is 1. The molecule has 3 rings (SSSR count). The zero-order chi connectivity index (χ0) is 24.0. The molecule has 1 saturated heterocycles. The van der Waals surface area contributed by atoms with Crippen LogP contribution in [0.25, 0.3) is 0 Å². The summed E-state index contributed by atoms with van der Waals surface area (Å²) in [5, 5.41) is 5.64. The molecule has 180 valence electrons. The van der Waals surface area contributed by atoms with E-state index in [4.69, 9.17) is 19.9 Å². The smallest absolute Gasteiger partial charge is 0.338 e. The summed E-state index contributed by atoms with van der Waals surface area (Å²) in [7, 11) is 3.16. The standard InChI is InChI=1S/C23H32N4O6/c1-4-33-22(29)19-17(12-27-9-7-14(8-10-27)21(24)28)25-23(30)26-20(19)15-5-6-18(32-3)16(11-15)13-31-2/h5-6,11,14,20H,4,7-10,12-13H2,1-3H3,(H2,24,28)(H2,25,26,30)/t20-/m0/s1. The maximum absolute atomic E-state index is 13.0. The quantitative estimate of drug-likeness (QED) is 0.472. The van der Waals surface area contributed by atoms with Gasteiger partial charge in [0.05, 0.1) is 31.9 Å². The van der Waals surface area contributed by atoms with Gasteiger partial charge in [0.1, 0.15) is 5.75 Å². The van der Waals surface area contributed by atoms with Crippen molar-refractivity contribution in [1.29, 1.82) is 0 Å². The Labute approximate surface area is 193 Å². The number of amides is 3. The van der Waals surface area contributed by atoms with Gasteiger partial charge in [0.25, 0.3) is 0 Å². The van der Waals surface area contributed by atoms with Crippen LogP contribution in [0.3, 0.4) is 0 Å². The highest BCUT2D eigenvalue weighted by Crippen LogP contribution is 2.32. The molecule has 3 amide bonds. The summed E-state index contributed by atoms with van der Waals surface area (Å²) in [6.45, 7) is 3.89. The van der Waals surface area contributed by atoms with E-state index in [2.05, 4.69) is 15.5 Å². The van der Waals surface area contributed by atoms with Gasteiger partial charge in [-0.15, -0.1) is 0 Å². The van der Waals surface area contributed by atoms with E-state index >= 15 is 0 Å². The van der Waals surface area contributed by atoms with Crippen LogP contribution in [0.15, 0.2) is 29.5 Å². The van der Waals surface area contributed by atoms with Gasteiger partial charge in [0.15, 0.2) is 0 Å². The van der Waals surface area contributed by atoms with Crippen molar-refractivity contribution in [2.75, 3.05) is 40.5 Å². The largest absolute Gasteiger partial charge is 0.496 e. The Hall–Kier alpha value is -3.11. The summed E-state index contributed by atoms with van der Waals surface area (Å²) in [4.78, 5) is 39.2. The Kier molecular flexibility index (Phi) is 8.29. The third kappa shape index (κ3) is 5.82. The number of piperidine rings is 1. The second-order valence-corrected chi connectivity index (χ2v) is 8.10. The molecule has 0 aliphatic carbocycles. The summed E-state index contributed by atoms with van der Waals surface area (Å²) in [6.07, 6.45) is 1.29. The summed E-state index contributed by atoms with van der Waals surface area (Å²) < 4.78 is 16.0. The minimum absolute atomic E-state index is 0.145. The van der Waals surface area contributed by atoms with Crippen LogP contribution in [-0.4, -0.2) is 63.3 Å². The number of hydrogen-bond donors (Lipinski definition) is 3. The van der Waals surface area contributed by atoms with Gasteiger partial charge in [-0.25, -0.2) is 9.59 Å². The molecule has 1 aromatic rings. The third-order valence-corrected chi connectivity index (χ3v) is 5.96. The molecule has 1 aromatic carbocycles. The summed E-state index contributed by atoms with van der Waals surface area (Å²) >= 11 is 0. The Morgan fingerprint density at radius 1 is 1.21 bits per heavy atom. The van der Waals surface area contributed by atoms with E-state index in [0.717, 1.165) is 5.56 Å². The van der Waals surface area contributed by atoms with Crippen molar-refractivity contribution in [2.45, 2.75) is 32.4 Å². The van der Waals surface area contributed by atoms with Crippen LogP contribution >= 0.6 is 0 Å². The lowest BCUT2D eigenvalue weighted by Gasteiger charge is -2.35. The first-order valence-corrected chi connectivity index (χ1v) is 11.0. The number of hydrogen-bond acceptors (Lipinski definition) is 7. The first-order valence-electron chi connectivity index (χ1n) is 11.0. The van der Waals surface area contributed by atoms with Crippen LogP contribution in [0.1, 0.15) is 36.9 Å². The molecule has 10 nitrogen and oxygen atoms in total. The fourth-order valence-electron chi connectivity index (χ4n) is 4.29. The van der Waals surface area contributed by atoms with Crippen LogP contribution in [0.5, 0.6) is 5.75 Å². The molecular formula is C23H32N4O6. The Morgan fingerprint density at radius 2 is 1.94 bits per heavy atom. The Bertz CT molecular complexity index is 924. The number of benzene rings is 1. The van der Waals surface area contributed by atoms with Crippen molar-refractivity contribution < 1.29 is 28.6 Å². The second-order valence-electron chi connectivity index (χ2n) is 8.10. The molecule has 4 N–H and O–H groups in total. The van der Waals surface area contributed by atoms with Crippen LogP contribution < -0.4 is 21.1 Å². The first-order chi connectivity index (χ1) is 15.9. The molecule has 10 heteroatoms. The van der Waals surface area contributed by atoms with Crippen LogP contribution in [-0.2, 0) is 25.7 Å². The van der Waals surface area contributed by atoms with Crippen LogP contribution in [0, 0.1) is 5.92 Å². The minimum Gasteiger partial charge on any atom is -0.496 e. The number of primary amides is 1. The highest BCUT2D eigenvalue weighted by molar-refractivity contribution is 5.95. The molecule has 0 bridgehead atoms. The molecule has 0 unspecified atom stereocenters. The molecule has 2 aliphatic rings. The first kappa shape index (κ1) is 24.5. The monoisotopic (exact) mass is 460 g/mol. The van der Waals surface area contributed by atoms with E-state index in [9.17, 15) is 14.4 Å². The average Bonchev–Trinajstić information content (AvgIpc) is 2.79. The molecule has 0 saturated carbocycles. The number of nitrogens with one attached hydrogen (secondary N) is 2. The Balaban J connectivity index is 1.95. The number of likely N-dealkylation sites (tertiary alicyclic amines) is 1. The molecule has 0 spiro atoms. The fraction of sp³-hybridized carbons (Fsp3) is 0.522. The summed E-state index contributed by atoms with van der Waals surface area (Å²) in [5.41, 5.74) is 7.78. The lowest BCUT2D eigenvalue weighted by atomic mass is 9.92.